The molecule has 1 aromatic heterocycles. The Morgan fingerprint density at radius 1 is 1.43 bits per heavy atom. The quantitative estimate of drug-likeness (QED) is 0.485. The van der Waals surface area contributed by atoms with Gasteiger partial charge in [0.1, 0.15) is 11.8 Å². The van der Waals surface area contributed by atoms with Gasteiger partial charge >= 0.3 is 5.97 Å². The Labute approximate surface area is 124 Å². The minimum absolute atomic E-state index is 0.393. The normalized spacial score (nSPS) is 14.4. The van der Waals surface area contributed by atoms with Gasteiger partial charge in [-0.3, -0.25) is 0 Å². The third-order valence-corrected chi connectivity index (χ3v) is 3.55. The molecule has 21 heavy (non-hydrogen) atoms. The van der Waals surface area contributed by atoms with Crippen LogP contribution in [0.25, 0.3) is 0 Å². The zero-order valence-corrected chi connectivity index (χ0v) is 12.7. The van der Waals surface area contributed by atoms with Crippen LogP contribution in [-0.2, 0) is 17.7 Å². The maximum Gasteiger partial charge on any atom is 0.357 e. The molecule has 0 bridgehead atoms. The molecule has 1 aromatic rings. The summed E-state index contributed by atoms with van der Waals surface area (Å²) >= 11 is 0. The topological polar surface area (TPSA) is 70.6 Å². The third-order valence-electron chi connectivity index (χ3n) is 3.55. The van der Waals surface area contributed by atoms with Crippen LogP contribution >= 0.6 is 0 Å². The van der Waals surface area contributed by atoms with E-state index in [1.54, 1.807) is 11.2 Å². The van der Waals surface area contributed by atoms with Gasteiger partial charge in [0, 0.05) is 26.3 Å². The van der Waals surface area contributed by atoms with Gasteiger partial charge in [0.25, 0.3) is 0 Å². The second-order valence-electron chi connectivity index (χ2n) is 5.29. The summed E-state index contributed by atoms with van der Waals surface area (Å²) in [6.07, 6.45) is 5.51. The fraction of sp³-hybridized carbons (Fsp3) is 0.533. The van der Waals surface area contributed by atoms with Crippen molar-refractivity contribution in [2.75, 3.05) is 21.2 Å². The monoisotopic (exact) mass is 288 g/mol. The van der Waals surface area contributed by atoms with Crippen LogP contribution in [0.1, 0.15) is 41.0 Å². The average molecular weight is 288 g/mol. The van der Waals surface area contributed by atoms with Crippen LogP contribution in [0.4, 0.5) is 5.69 Å². The molecule has 0 radical (unpaired) electrons. The molecule has 0 spiro atoms. The largest absolute Gasteiger partial charge is 0.464 e. The summed E-state index contributed by atoms with van der Waals surface area (Å²) in [5.41, 5.74) is 2.22. The number of hydrogen-bond donors (Lipinski definition) is 0. The van der Waals surface area contributed by atoms with Crippen molar-refractivity contribution in [2.45, 2.75) is 32.2 Å². The number of nitrogens with zero attached hydrogens (tertiary/aromatic N) is 4. The lowest BCUT2D eigenvalue weighted by Crippen LogP contribution is -2.12. The van der Waals surface area contributed by atoms with Crippen LogP contribution in [-0.4, -0.2) is 43.0 Å². The van der Waals surface area contributed by atoms with Gasteiger partial charge in [-0.05, 0) is 19.3 Å². The summed E-state index contributed by atoms with van der Waals surface area (Å²) in [4.78, 5) is 18.3. The molecule has 6 nitrogen and oxygen atoms in total. The maximum atomic E-state index is 12.2. The van der Waals surface area contributed by atoms with Crippen LogP contribution in [0.2, 0.25) is 0 Å². The van der Waals surface area contributed by atoms with E-state index >= 15 is 0 Å². The number of hydrogen-bond acceptors (Lipinski definition) is 4. The predicted octanol–water partition coefficient (Wildman–Crippen LogP) is 2.09. The molecule has 6 heteroatoms. The van der Waals surface area contributed by atoms with Crippen LogP contribution in [0, 0.1) is 11.3 Å². The number of nitriles is 1. The van der Waals surface area contributed by atoms with E-state index < -0.39 is 5.97 Å². The number of aromatic nitrogens is 1. The van der Waals surface area contributed by atoms with E-state index in [1.165, 1.54) is 7.11 Å². The SMILES string of the molecule is COC(=O)c1c(N=CN(C)C)c(C#N)c2n1CCCCC2. The highest BCUT2D eigenvalue weighted by Crippen LogP contribution is 2.34. The molecule has 1 aliphatic rings. The molecule has 0 unspecified atom stereocenters. The first kappa shape index (κ1) is 15.1. The first-order valence-corrected chi connectivity index (χ1v) is 7.04. The minimum Gasteiger partial charge on any atom is -0.464 e. The number of carbonyl (C=O) groups is 1. The Morgan fingerprint density at radius 2 is 2.19 bits per heavy atom. The second kappa shape index (κ2) is 6.44. The standard InChI is InChI=1S/C15H20N4O2/c1-18(2)10-17-13-11(9-16)12-7-5-4-6-8-19(12)14(13)15(20)21-3/h10H,4-8H2,1-3H3. The van der Waals surface area contributed by atoms with Crippen molar-refractivity contribution in [3.63, 3.8) is 0 Å². The molecule has 1 aliphatic heterocycles. The fourth-order valence-corrected chi connectivity index (χ4v) is 2.62. The lowest BCUT2D eigenvalue weighted by Gasteiger charge is -2.09. The van der Waals surface area contributed by atoms with Gasteiger partial charge in [0.05, 0.1) is 19.0 Å². The summed E-state index contributed by atoms with van der Waals surface area (Å²) in [5.74, 6) is -0.439. The zero-order valence-electron chi connectivity index (χ0n) is 12.7. The Morgan fingerprint density at radius 3 is 2.81 bits per heavy atom. The van der Waals surface area contributed by atoms with E-state index in [4.69, 9.17) is 4.74 Å². The van der Waals surface area contributed by atoms with Crippen LogP contribution in [0.5, 0.6) is 0 Å². The number of methoxy groups -OCH3 is 1. The summed E-state index contributed by atoms with van der Waals surface area (Å²) in [6.45, 7) is 0.728. The smallest absolute Gasteiger partial charge is 0.357 e. The molecule has 112 valence electrons. The number of rotatable bonds is 3. The minimum atomic E-state index is -0.439. The van der Waals surface area contributed by atoms with Crippen molar-refractivity contribution in [1.29, 1.82) is 5.26 Å². The number of ether oxygens (including phenoxy) is 1. The molecule has 0 saturated carbocycles. The molecule has 0 aliphatic carbocycles. The summed E-state index contributed by atoms with van der Waals surface area (Å²) in [5, 5.41) is 9.50. The molecule has 2 rings (SSSR count). The van der Waals surface area contributed by atoms with Gasteiger partial charge in [0.2, 0.25) is 0 Å². The first-order valence-electron chi connectivity index (χ1n) is 7.04. The van der Waals surface area contributed by atoms with Gasteiger partial charge in [0.15, 0.2) is 5.69 Å². The van der Waals surface area contributed by atoms with Gasteiger partial charge in [-0.15, -0.1) is 0 Å². The first-order chi connectivity index (χ1) is 10.1. The molecular formula is C15H20N4O2. The summed E-state index contributed by atoms with van der Waals surface area (Å²) < 4.78 is 6.81. The highest BCUT2D eigenvalue weighted by atomic mass is 16.5. The Bertz CT molecular complexity index is 608. The van der Waals surface area contributed by atoms with Gasteiger partial charge < -0.3 is 14.2 Å². The van der Waals surface area contributed by atoms with Crippen molar-refractivity contribution in [1.82, 2.24) is 9.47 Å². The van der Waals surface area contributed by atoms with E-state index in [0.29, 0.717) is 16.9 Å². The van der Waals surface area contributed by atoms with E-state index in [0.717, 1.165) is 37.9 Å². The highest BCUT2D eigenvalue weighted by molar-refractivity contribution is 5.96. The number of fused-ring (bicyclic) bond motifs is 1. The Kier molecular flexibility index (Phi) is 4.63. The van der Waals surface area contributed by atoms with E-state index in [9.17, 15) is 10.1 Å². The van der Waals surface area contributed by atoms with Gasteiger partial charge in [-0.25, -0.2) is 9.79 Å². The molecule has 0 aromatic carbocycles. The number of esters is 1. The molecule has 0 amide bonds. The van der Waals surface area contributed by atoms with E-state index in [-0.39, 0.29) is 0 Å². The fourth-order valence-electron chi connectivity index (χ4n) is 2.62. The van der Waals surface area contributed by atoms with E-state index in [2.05, 4.69) is 11.1 Å². The summed E-state index contributed by atoms with van der Waals surface area (Å²) in [6, 6.07) is 2.21. The van der Waals surface area contributed by atoms with Crippen LogP contribution in [0.3, 0.4) is 0 Å². The van der Waals surface area contributed by atoms with Gasteiger partial charge in [-0.1, -0.05) is 6.42 Å². The molecule has 0 atom stereocenters. The average Bonchev–Trinajstić information content (AvgIpc) is 2.61. The Balaban J connectivity index is 2.66. The van der Waals surface area contributed by atoms with Crippen LogP contribution in [0.15, 0.2) is 4.99 Å². The molecular weight excluding hydrogens is 268 g/mol. The van der Waals surface area contributed by atoms with E-state index in [1.807, 2.05) is 18.7 Å². The molecule has 0 fully saturated rings. The maximum absolute atomic E-state index is 12.2. The van der Waals surface area contributed by atoms with Gasteiger partial charge in [-0.2, -0.15) is 5.26 Å². The molecule has 0 N–H and O–H groups in total. The highest BCUT2D eigenvalue weighted by Gasteiger charge is 2.28. The number of carbonyl (C=O) groups excluding carboxylic acids is 1. The lowest BCUT2D eigenvalue weighted by molar-refractivity contribution is 0.0589. The third kappa shape index (κ3) is 2.92. The predicted molar refractivity (Wildman–Crippen MR) is 79.9 cm³/mol. The van der Waals surface area contributed by atoms with Crippen LogP contribution < -0.4 is 0 Å². The Hall–Kier alpha value is -2.29. The zero-order chi connectivity index (χ0) is 15.4. The molecule has 2 heterocycles. The van der Waals surface area contributed by atoms with Crippen molar-refractivity contribution in [3.05, 3.63) is 17.0 Å². The number of aliphatic imine (C=N–C) groups is 1. The summed E-state index contributed by atoms with van der Waals surface area (Å²) in [7, 11) is 5.03. The van der Waals surface area contributed by atoms with Crippen molar-refractivity contribution >= 4 is 18.0 Å². The lowest BCUT2D eigenvalue weighted by atomic mass is 10.1. The van der Waals surface area contributed by atoms with Crippen molar-refractivity contribution < 1.29 is 9.53 Å². The molecule has 0 saturated heterocycles. The second-order valence-corrected chi connectivity index (χ2v) is 5.29. The van der Waals surface area contributed by atoms with Crippen molar-refractivity contribution in [2.24, 2.45) is 4.99 Å². The van der Waals surface area contributed by atoms with Crippen molar-refractivity contribution in [3.8, 4) is 6.07 Å².